The maximum Gasteiger partial charge on any atom is 0.143 e. The Labute approximate surface area is 107 Å². The molecule has 0 heterocycles. The van der Waals surface area contributed by atoms with Crippen LogP contribution in [0.3, 0.4) is 0 Å². The number of carbonyl (C=O) groups excluding carboxylic acids is 1. The van der Waals surface area contributed by atoms with E-state index in [2.05, 4.69) is 15.9 Å². The first-order valence-electron chi connectivity index (χ1n) is 5.55. The molecule has 0 amide bonds. The van der Waals surface area contributed by atoms with Crippen molar-refractivity contribution in [3.8, 4) is 0 Å². The van der Waals surface area contributed by atoms with E-state index in [-0.39, 0.29) is 27.7 Å². The van der Waals surface area contributed by atoms with Crippen molar-refractivity contribution in [1.29, 1.82) is 0 Å². The maximum absolute atomic E-state index is 13.8. The summed E-state index contributed by atoms with van der Waals surface area (Å²) in [6, 6.07) is 2.61. The van der Waals surface area contributed by atoms with Crippen LogP contribution in [0.4, 0.5) is 8.78 Å². The number of hydrogen-bond acceptors (Lipinski definition) is 1. The van der Waals surface area contributed by atoms with E-state index < -0.39 is 11.6 Å². The number of halogens is 3. The molecule has 92 valence electrons. The smallest absolute Gasteiger partial charge is 0.143 e. The molecule has 1 atom stereocenters. The highest BCUT2D eigenvalue weighted by molar-refractivity contribution is 9.10. The molecule has 0 aliphatic heterocycles. The van der Waals surface area contributed by atoms with E-state index in [0.717, 1.165) is 0 Å². The lowest BCUT2D eigenvalue weighted by Crippen LogP contribution is -2.17. The van der Waals surface area contributed by atoms with Gasteiger partial charge in [0.05, 0.1) is 4.47 Å². The summed E-state index contributed by atoms with van der Waals surface area (Å²) in [6.07, 6.45) is 1.92. The molecule has 4 heteroatoms. The lowest BCUT2D eigenvalue weighted by molar-refractivity contribution is -0.117. The van der Waals surface area contributed by atoms with E-state index in [0.29, 0.717) is 19.3 Å². The van der Waals surface area contributed by atoms with Gasteiger partial charge in [0.2, 0.25) is 0 Å². The van der Waals surface area contributed by atoms with E-state index in [1.807, 2.05) is 6.92 Å². The van der Waals surface area contributed by atoms with Crippen LogP contribution in [0, 0.1) is 17.0 Å². The number of Topliss-reactive ketones (excluding diaryl/α,β-unsaturated/α-hetero) is 1. The van der Waals surface area contributed by atoms with Crippen LogP contribution >= 0.6 is 15.9 Å². The monoisotopic (exact) mass is 302 g/mol. The number of hydrogen-bond donors (Lipinski definition) is 0. The first-order valence-corrected chi connectivity index (χ1v) is 6.35. The van der Waals surface area contributed by atoms with E-state index >= 15 is 0 Å². The molecule has 1 aliphatic carbocycles. The SMILES string of the molecule is CC1(Cc2c(F)ccc(Br)c2F)CCC(=O)C1. The zero-order valence-electron chi connectivity index (χ0n) is 9.53. The first-order chi connectivity index (χ1) is 7.91. The number of rotatable bonds is 2. The van der Waals surface area contributed by atoms with Gasteiger partial charge in [0.1, 0.15) is 17.4 Å². The van der Waals surface area contributed by atoms with Crippen molar-refractivity contribution in [2.75, 3.05) is 0 Å². The Morgan fingerprint density at radius 1 is 1.41 bits per heavy atom. The summed E-state index contributed by atoms with van der Waals surface area (Å²) in [5.41, 5.74) is -0.226. The van der Waals surface area contributed by atoms with E-state index in [1.165, 1.54) is 12.1 Å². The summed E-state index contributed by atoms with van der Waals surface area (Å²) in [4.78, 5) is 11.3. The minimum Gasteiger partial charge on any atom is -0.300 e. The van der Waals surface area contributed by atoms with Gasteiger partial charge < -0.3 is 0 Å². The predicted molar refractivity (Wildman–Crippen MR) is 64.7 cm³/mol. The minimum atomic E-state index is -0.550. The molecule has 1 aromatic rings. The normalized spacial score (nSPS) is 24.4. The predicted octanol–water partition coefficient (Wildman–Crippen LogP) is 4.03. The van der Waals surface area contributed by atoms with E-state index in [9.17, 15) is 13.6 Å². The Morgan fingerprint density at radius 3 is 2.71 bits per heavy atom. The molecule has 1 saturated carbocycles. The van der Waals surface area contributed by atoms with Crippen LogP contribution in [0.15, 0.2) is 16.6 Å². The van der Waals surface area contributed by atoms with Gasteiger partial charge in [-0.3, -0.25) is 4.79 Å². The van der Waals surface area contributed by atoms with Gasteiger partial charge in [-0.15, -0.1) is 0 Å². The molecule has 0 radical (unpaired) electrons. The molecule has 1 nitrogen and oxygen atoms in total. The standard InChI is InChI=1S/C13H13BrF2O/c1-13(5-4-8(17)6-13)7-9-11(15)3-2-10(14)12(9)16/h2-3H,4-7H2,1H3. The van der Waals surface area contributed by atoms with Gasteiger partial charge in [0.15, 0.2) is 0 Å². The molecule has 2 rings (SSSR count). The zero-order valence-corrected chi connectivity index (χ0v) is 11.1. The van der Waals surface area contributed by atoms with Crippen molar-refractivity contribution in [2.45, 2.75) is 32.6 Å². The molecule has 0 aromatic heterocycles. The van der Waals surface area contributed by atoms with Gasteiger partial charge in [0.25, 0.3) is 0 Å². The third kappa shape index (κ3) is 2.57. The second-order valence-corrected chi connectivity index (χ2v) is 5.88. The second-order valence-electron chi connectivity index (χ2n) is 5.02. The molecule has 0 N–H and O–H groups in total. The van der Waals surface area contributed by atoms with Gasteiger partial charge in [-0.1, -0.05) is 6.92 Å². The van der Waals surface area contributed by atoms with E-state index in [4.69, 9.17) is 0 Å². The fraction of sp³-hybridized carbons (Fsp3) is 0.462. The van der Waals surface area contributed by atoms with Crippen LogP contribution in [0.5, 0.6) is 0 Å². The summed E-state index contributed by atoms with van der Waals surface area (Å²) in [5, 5.41) is 0. The molecule has 1 aliphatic rings. The molecule has 0 spiro atoms. The number of carbonyl (C=O) groups is 1. The van der Waals surface area contributed by atoms with Gasteiger partial charge in [-0.2, -0.15) is 0 Å². The van der Waals surface area contributed by atoms with Crippen molar-refractivity contribution in [3.63, 3.8) is 0 Å². The second kappa shape index (κ2) is 4.48. The van der Waals surface area contributed by atoms with Gasteiger partial charge in [-0.25, -0.2) is 8.78 Å². The molecule has 17 heavy (non-hydrogen) atoms. The quantitative estimate of drug-likeness (QED) is 0.754. The van der Waals surface area contributed by atoms with Crippen molar-refractivity contribution >= 4 is 21.7 Å². The Morgan fingerprint density at radius 2 is 2.12 bits per heavy atom. The van der Waals surface area contributed by atoms with Crippen molar-refractivity contribution in [3.05, 3.63) is 33.8 Å². The molecule has 1 aromatic carbocycles. The Bertz CT molecular complexity index is 473. The summed E-state index contributed by atoms with van der Waals surface area (Å²) >= 11 is 3.05. The van der Waals surface area contributed by atoms with Crippen molar-refractivity contribution < 1.29 is 13.6 Å². The van der Waals surface area contributed by atoms with Crippen molar-refractivity contribution in [1.82, 2.24) is 0 Å². The molecule has 0 saturated heterocycles. The fourth-order valence-corrected chi connectivity index (χ4v) is 2.77. The minimum absolute atomic E-state index is 0.0802. The van der Waals surface area contributed by atoms with Crippen LogP contribution in [-0.4, -0.2) is 5.78 Å². The van der Waals surface area contributed by atoms with Crippen LogP contribution in [0.2, 0.25) is 0 Å². The van der Waals surface area contributed by atoms with Crippen LogP contribution in [-0.2, 0) is 11.2 Å². The zero-order chi connectivity index (χ0) is 12.6. The highest BCUT2D eigenvalue weighted by Gasteiger charge is 2.35. The third-order valence-corrected chi connectivity index (χ3v) is 3.99. The van der Waals surface area contributed by atoms with Crippen LogP contribution in [0.25, 0.3) is 0 Å². The van der Waals surface area contributed by atoms with E-state index in [1.54, 1.807) is 0 Å². The fourth-order valence-electron chi connectivity index (χ4n) is 2.40. The third-order valence-electron chi connectivity index (χ3n) is 3.37. The summed E-state index contributed by atoms with van der Waals surface area (Å²) in [6.45, 7) is 1.91. The Kier molecular flexibility index (Phi) is 3.34. The average Bonchev–Trinajstić information content (AvgIpc) is 2.60. The number of benzene rings is 1. The molecule has 1 unspecified atom stereocenters. The summed E-state index contributed by atoms with van der Waals surface area (Å²) in [5.74, 6) is -0.903. The summed E-state index contributed by atoms with van der Waals surface area (Å²) in [7, 11) is 0. The molecule has 0 bridgehead atoms. The molecule has 1 fully saturated rings. The van der Waals surface area contributed by atoms with Gasteiger partial charge >= 0.3 is 0 Å². The van der Waals surface area contributed by atoms with Gasteiger partial charge in [0, 0.05) is 18.4 Å². The Balaban J connectivity index is 2.30. The Hall–Kier alpha value is -0.770. The maximum atomic E-state index is 13.8. The summed E-state index contributed by atoms with van der Waals surface area (Å²) < 4.78 is 27.7. The highest BCUT2D eigenvalue weighted by Crippen LogP contribution is 2.40. The lowest BCUT2D eigenvalue weighted by atomic mass is 9.82. The molecular weight excluding hydrogens is 290 g/mol. The van der Waals surface area contributed by atoms with Crippen LogP contribution in [0.1, 0.15) is 31.7 Å². The number of ketones is 1. The van der Waals surface area contributed by atoms with Crippen molar-refractivity contribution in [2.24, 2.45) is 5.41 Å². The van der Waals surface area contributed by atoms with Crippen LogP contribution < -0.4 is 0 Å². The lowest BCUT2D eigenvalue weighted by Gasteiger charge is -2.23. The highest BCUT2D eigenvalue weighted by atomic mass is 79.9. The largest absolute Gasteiger partial charge is 0.300 e. The molecular formula is C13H13BrF2O. The average molecular weight is 303 g/mol. The first kappa shape index (κ1) is 12.7. The topological polar surface area (TPSA) is 17.1 Å². The van der Waals surface area contributed by atoms with Gasteiger partial charge in [-0.05, 0) is 46.3 Å².